The Labute approximate surface area is 186 Å². The molecule has 3 aromatic rings. The molecule has 6 nitrogen and oxygen atoms in total. The van der Waals surface area contributed by atoms with Crippen LogP contribution in [0, 0.1) is 18.3 Å². The number of rotatable bonds is 7. The first-order valence-electron chi connectivity index (χ1n) is 8.72. The average Bonchev–Trinajstić information content (AvgIpc) is 3.13. The molecule has 0 atom stereocenters. The van der Waals surface area contributed by atoms with Crippen molar-refractivity contribution in [3.8, 4) is 6.07 Å². The van der Waals surface area contributed by atoms with E-state index in [-0.39, 0.29) is 5.91 Å². The van der Waals surface area contributed by atoms with Crippen molar-refractivity contribution in [3.63, 3.8) is 0 Å². The lowest BCUT2D eigenvalue weighted by Crippen LogP contribution is -2.28. The summed E-state index contributed by atoms with van der Waals surface area (Å²) in [6.45, 7) is 2.33. The summed E-state index contributed by atoms with van der Waals surface area (Å²) in [7, 11) is 1.72. The number of aromatic nitrogens is 2. The minimum Gasteiger partial charge on any atom is -0.341 e. The lowest BCUT2D eigenvalue weighted by Gasteiger charge is -2.17. The first-order valence-corrected chi connectivity index (χ1v) is 11.1. The molecule has 0 aliphatic carbocycles. The Hall–Kier alpha value is -2.41. The van der Waals surface area contributed by atoms with Gasteiger partial charge in [0.15, 0.2) is 5.13 Å². The Bertz CT molecular complexity index is 1060. The minimum absolute atomic E-state index is 0.0763. The van der Waals surface area contributed by atoms with Crippen molar-refractivity contribution >= 4 is 55.9 Å². The number of amides is 1. The third kappa shape index (κ3) is 5.79. The molecule has 0 fully saturated rings. The molecular weight excluding hydrogens is 470 g/mol. The van der Waals surface area contributed by atoms with Crippen LogP contribution in [-0.2, 0) is 0 Å². The maximum absolute atomic E-state index is 12.7. The number of carbonyl (C=O) groups is 1. The fourth-order valence-electron chi connectivity index (χ4n) is 2.49. The molecule has 0 saturated heterocycles. The number of nitrogens with one attached hydrogen (secondary N) is 1. The zero-order chi connectivity index (χ0) is 20.8. The molecule has 0 unspecified atom stereocenters. The molecule has 0 saturated carbocycles. The summed E-state index contributed by atoms with van der Waals surface area (Å²) < 4.78 is 1.76. The zero-order valence-electron chi connectivity index (χ0n) is 15.8. The Morgan fingerprint density at radius 2 is 2.21 bits per heavy atom. The third-order valence-corrected chi connectivity index (χ3v) is 6.44. The van der Waals surface area contributed by atoms with Crippen LogP contribution in [0.15, 0.2) is 56.3 Å². The summed E-state index contributed by atoms with van der Waals surface area (Å²) in [4.78, 5) is 24.0. The van der Waals surface area contributed by atoms with Gasteiger partial charge < -0.3 is 10.2 Å². The standard InChI is InChI=1S/C20H18BrN5OS2/c1-13-7-8-14(11-15(13)19(27)26(2)10-4-9-22)28-18-12-23-20(29-18)25-17-6-3-5-16(21)24-17/h3,5-8,11-12H,4,10H2,1-2H3,(H,23,24,25). The van der Waals surface area contributed by atoms with Crippen LogP contribution in [0.25, 0.3) is 0 Å². The molecule has 0 spiro atoms. The molecule has 1 N–H and O–H groups in total. The highest BCUT2D eigenvalue weighted by Crippen LogP contribution is 2.35. The van der Waals surface area contributed by atoms with Gasteiger partial charge in [-0.3, -0.25) is 4.79 Å². The van der Waals surface area contributed by atoms with Gasteiger partial charge >= 0.3 is 0 Å². The van der Waals surface area contributed by atoms with Crippen molar-refractivity contribution in [2.24, 2.45) is 0 Å². The lowest BCUT2D eigenvalue weighted by atomic mass is 10.1. The van der Waals surface area contributed by atoms with Crippen LogP contribution >= 0.6 is 39.0 Å². The van der Waals surface area contributed by atoms with Crippen LogP contribution in [0.4, 0.5) is 10.9 Å². The molecule has 2 heterocycles. The fourth-order valence-corrected chi connectivity index (χ4v) is 4.73. The second kappa shape index (κ2) is 9.87. The van der Waals surface area contributed by atoms with Crippen LogP contribution in [0.3, 0.4) is 0 Å². The number of aryl methyl sites for hydroxylation is 1. The van der Waals surface area contributed by atoms with Crippen LogP contribution in [0.5, 0.6) is 0 Å². The highest BCUT2D eigenvalue weighted by molar-refractivity contribution is 9.10. The molecule has 0 bridgehead atoms. The van der Waals surface area contributed by atoms with Gasteiger partial charge in [0, 0.05) is 24.1 Å². The number of hydrogen-bond acceptors (Lipinski definition) is 7. The molecular formula is C20H18BrN5OS2. The summed E-state index contributed by atoms with van der Waals surface area (Å²) in [5.41, 5.74) is 1.56. The Kier molecular flexibility index (Phi) is 7.25. The second-order valence-corrected chi connectivity index (χ2v) is 9.39. The number of carbonyl (C=O) groups excluding carboxylic acids is 1. The summed E-state index contributed by atoms with van der Waals surface area (Å²) in [6, 6.07) is 13.5. The number of benzene rings is 1. The van der Waals surface area contributed by atoms with Gasteiger partial charge in [0.1, 0.15) is 10.4 Å². The van der Waals surface area contributed by atoms with Crippen LogP contribution in [0.2, 0.25) is 0 Å². The highest BCUT2D eigenvalue weighted by Gasteiger charge is 2.15. The number of hydrogen-bond donors (Lipinski definition) is 1. The normalized spacial score (nSPS) is 10.4. The average molecular weight is 488 g/mol. The lowest BCUT2D eigenvalue weighted by molar-refractivity contribution is 0.0797. The Balaban J connectivity index is 1.72. The van der Waals surface area contributed by atoms with Gasteiger partial charge in [0.2, 0.25) is 0 Å². The van der Waals surface area contributed by atoms with E-state index in [9.17, 15) is 4.79 Å². The van der Waals surface area contributed by atoms with Gasteiger partial charge in [-0.25, -0.2) is 9.97 Å². The van der Waals surface area contributed by atoms with Crippen molar-refractivity contribution in [1.29, 1.82) is 5.26 Å². The predicted octanol–water partition coefficient (Wildman–Crippen LogP) is 5.49. The van der Waals surface area contributed by atoms with Gasteiger partial charge in [-0.1, -0.05) is 35.2 Å². The van der Waals surface area contributed by atoms with Gasteiger partial charge in [-0.15, -0.1) is 0 Å². The second-order valence-electron chi connectivity index (χ2n) is 6.17. The number of nitriles is 1. The Morgan fingerprint density at radius 3 is 2.97 bits per heavy atom. The van der Waals surface area contributed by atoms with E-state index in [1.165, 1.54) is 11.3 Å². The molecule has 1 aromatic carbocycles. The number of pyridine rings is 1. The molecule has 0 radical (unpaired) electrons. The van der Waals surface area contributed by atoms with Crippen LogP contribution in [-0.4, -0.2) is 34.4 Å². The number of nitrogens with zero attached hydrogens (tertiary/aromatic N) is 4. The molecule has 1 amide bonds. The van der Waals surface area contributed by atoms with Crippen molar-refractivity contribution < 1.29 is 4.79 Å². The summed E-state index contributed by atoms with van der Waals surface area (Å²) in [5, 5.41) is 12.7. The SMILES string of the molecule is Cc1ccc(Sc2cnc(Nc3cccc(Br)n3)s2)cc1C(=O)N(C)CCC#N. The van der Waals surface area contributed by atoms with E-state index in [4.69, 9.17) is 5.26 Å². The molecule has 2 aromatic heterocycles. The molecule has 29 heavy (non-hydrogen) atoms. The van der Waals surface area contributed by atoms with E-state index in [0.717, 1.165) is 24.4 Å². The molecule has 148 valence electrons. The fraction of sp³-hybridized carbons (Fsp3) is 0.200. The van der Waals surface area contributed by atoms with E-state index in [2.05, 4.69) is 37.3 Å². The van der Waals surface area contributed by atoms with E-state index in [1.807, 2.05) is 43.3 Å². The van der Waals surface area contributed by atoms with Gasteiger partial charge in [0.05, 0.1) is 22.9 Å². The van der Waals surface area contributed by atoms with E-state index < -0.39 is 0 Å². The summed E-state index contributed by atoms with van der Waals surface area (Å²) >= 11 is 6.43. The molecule has 0 aliphatic heterocycles. The van der Waals surface area contributed by atoms with Crippen molar-refractivity contribution in [1.82, 2.24) is 14.9 Å². The first-order chi connectivity index (χ1) is 14.0. The van der Waals surface area contributed by atoms with E-state index in [0.29, 0.717) is 24.3 Å². The number of thiazole rings is 1. The van der Waals surface area contributed by atoms with Crippen LogP contribution in [0.1, 0.15) is 22.3 Å². The molecule has 3 rings (SSSR count). The minimum atomic E-state index is -0.0763. The van der Waals surface area contributed by atoms with Crippen molar-refractivity contribution in [3.05, 3.63) is 58.3 Å². The molecule has 9 heteroatoms. The zero-order valence-corrected chi connectivity index (χ0v) is 19.1. The van der Waals surface area contributed by atoms with E-state index >= 15 is 0 Å². The summed E-state index contributed by atoms with van der Waals surface area (Å²) in [5.74, 6) is 0.640. The smallest absolute Gasteiger partial charge is 0.253 e. The number of anilines is 2. The largest absolute Gasteiger partial charge is 0.341 e. The Morgan fingerprint density at radius 1 is 1.38 bits per heavy atom. The quantitative estimate of drug-likeness (QED) is 0.443. The summed E-state index contributed by atoms with van der Waals surface area (Å²) in [6.07, 6.45) is 2.12. The van der Waals surface area contributed by atoms with Crippen molar-refractivity contribution in [2.45, 2.75) is 22.4 Å². The van der Waals surface area contributed by atoms with Gasteiger partial charge in [-0.05, 0) is 52.7 Å². The maximum Gasteiger partial charge on any atom is 0.253 e. The monoisotopic (exact) mass is 487 g/mol. The van der Waals surface area contributed by atoms with Crippen LogP contribution < -0.4 is 5.32 Å². The number of halogens is 1. The van der Waals surface area contributed by atoms with E-state index in [1.54, 1.807) is 29.9 Å². The van der Waals surface area contributed by atoms with Crippen molar-refractivity contribution in [2.75, 3.05) is 18.9 Å². The predicted molar refractivity (Wildman–Crippen MR) is 120 cm³/mol. The van der Waals surface area contributed by atoms with Gasteiger partial charge in [0.25, 0.3) is 5.91 Å². The maximum atomic E-state index is 12.7. The van der Waals surface area contributed by atoms with Gasteiger partial charge in [-0.2, -0.15) is 5.26 Å². The topological polar surface area (TPSA) is 81.9 Å². The molecule has 0 aliphatic rings. The third-order valence-electron chi connectivity index (χ3n) is 4.00. The first kappa shape index (κ1) is 21.3. The highest BCUT2D eigenvalue weighted by atomic mass is 79.9.